The van der Waals surface area contributed by atoms with Crippen LogP contribution >= 0.6 is 43.2 Å². The molecule has 0 fully saturated rings. The van der Waals surface area contributed by atoms with Crippen molar-refractivity contribution in [1.82, 2.24) is 0 Å². The summed E-state index contributed by atoms with van der Waals surface area (Å²) in [5.41, 5.74) is 6.07. The van der Waals surface area contributed by atoms with E-state index in [1.54, 1.807) is 0 Å². The zero-order valence-corrected chi connectivity index (χ0v) is 19.9. The van der Waals surface area contributed by atoms with Gasteiger partial charge in [0.05, 0.1) is 16.2 Å². The van der Waals surface area contributed by atoms with E-state index in [9.17, 15) is 24.5 Å². The van der Waals surface area contributed by atoms with Gasteiger partial charge in [-0.2, -0.15) is 0 Å². The molecule has 0 aliphatic carbocycles. The van der Waals surface area contributed by atoms with Gasteiger partial charge >= 0.3 is 5.97 Å². The molecule has 0 aliphatic rings. The molecule has 0 saturated carbocycles. The number of rotatable bonds is 4. The van der Waals surface area contributed by atoms with E-state index in [2.05, 4.69) is 31.9 Å². The van der Waals surface area contributed by atoms with Crippen molar-refractivity contribution < 1.29 is 24.4 Å². The van der Waals surface area contributed by atoms with Gasteiger partial charge in [0.1, 0.15) is 0 Å². The van der Waals surface area contributed by atoms with Crippen LogP contribution in [0, 0.1) is 10.1 Å². The second-order valence-corrected chi connectivity index (χ2v) is 9.08. The molecule has 1 heterocycles. The molecule has 0 saturated heterocycles. The summed E-state index contributed by atoms with van der Waals surface area (Å²) >= 11 is 8.23. The fraction of sp³-hybridized carbons (Fsp3) is 0. The van der Waals surface area contributed by atoms with Gasteiger partial charge in [-0.05, 0) is 18.2 Å². The summed E-state index contributed by atoms with van der Waals surface area (Å²) in [6, 6.07) is 10.9. The number of non-ortho nitro benzene ring substituents is 1. The number of anilines is 1. The van der Waals surface area contributed by atoms with Crippen LogP contribution in [0.5, 0.6) is 0 Å². The third-order valence-electron chi connectivity index (χ3n) is 4.49. The predicted octanol–water partition coefficient (Wildman–Crippen LogP) is 6.08. The number of carboxylic acids is 1. The van der Waals surface area contributed by atoms with E-state index in [-0.39, 0.29) is 16.9 Å². The lowest BCUT2D eigenvalue weighted by Gasteiger charge is -1.98. The van der Waals surface area contributed by atoms with E-state index in [0.29, 0.717) is 11.1 Å². The number of halogens is 2. The summed E-state index contributed by atoms with van der Waals surface area (Å²) in [6.07, 6.45) is 1.69. The average molecular weight is 580 g/mol. The molecule has 162 valence electrons. The number of hydrogen-bond acceptors (Lipinski definition) is 7. The summed E-state index contributed by atoms with van der Waals surface area (Å²) in [4.78, 5) is 42.5. The van der Waals surface area contributed by atoms with Gasteiger partial charge in [-0.25, -0.2) is 4.79 Å². The Balaban J connectivity index is 0.000000195. The Morgan fingerprint density at radius 3 is 1.84 bits per heavy atom. The van der Waals surface area contributed by atoms with Gasteiger partial charge in [0.2, 0.25) is 0 Å². The molecule has 4 rings (SSSR count). The quantitative estimate of drug-likeness (QED) is 0.129. The lowest BCUT2D eigenvalue weighted by atomic mass is 10.1. The van der Waals surface area contributed by atoms with Gasteiger partial charge in [0.25, 0.3) is 5.69 Å². The number of nitrogen functional groups attached to an aromatic ring is 1. The molecule has 11 heteroatoms. The maximum Gasteiger partial charge on any atom is 0.337 e. The van der Waals surface area contributed by atoms with E-state index < -0.39 is 10.9 Å². The standard InChI is InChI=1S/C14H6Br2O2S.C7H6N2O4/c15-11-3-1-7-8-2-4-12(16)10(6-18)14(8)19-13(7)9(11)5-17;8-6-3-4(9(12)13)1-2-5(6)7(10)11/h1-6H;1-3H,8H2,(H,10,11). The number of fused-ring (bicyclic) bond motifs is 3. The van der Waals surface area contributed by atoms with Crippen LogP contribution in [0.25, 0.3) is 20.2 Å². The molecule has 0 bridgehead atoms. The van der Waals surface area contributed by atoms with Gasteiger partial charge in [-0.1, -0.05) is 44.0 Å². The van der Waals surface area contributed by atoms with E-state index in [0.717, 1.165) is 59.9 Å². The number of carbonyl (C=O) groups excluding carboxylic acids is 2. The molecule has 32 heavy (non-hydrogen) atoms. The highest BCUT2D eigenvalue weighted by Crippen LogP contribution is 2.40. The number of aromatic carboxylic acids is 1. The largest absolute Gasteiger partial charge is 0.478 e. The van der Waals surface area contributed by atoms with Crippen LogP contribution in [0.1, 0.15) is 31.1 Å². The van der Waals surface area contributed by atoms with Crippen molar-refractivity contribution in [2.75, 3.05) is 5.73 Å². The molecule has 0 spiro atoms. The minimum Gasteiger partial charge on any atom is -0.478 e. The van der Waals surface area contributed by atoms with Gasteiger partial charge < -0.3 is 10.8 Å². The minimum atomic E-state index is -1.20. The van der Waals surface area contributed by atoms with Crippen molar-refractivity contribution in [3.63, 3.8) is 0 Å². The molecule has 0 radical (unpaired) electrons. The van der Waals surface area contributed by atoms with E-state index >= 15 is 0 Å². The Kier molecular flexibility index (Phi) is 7.02. The van der Waals surface area contributed by atoms with Crippen LogP contribution in [0.15, 0.2) is 51.4 Å². The number of carbonyl (C=O) groups is 3. The second-order valence-electron chi connectivity index (χ2n) is 6.35. The molecule has 3 N–H and O–H groups in total. The summed E-state index contributed by atoms with van der Waals surface area (Å²) < 4.78 is 3.35. The van der Waals surface area contributed by atoms with E-state index in [1.165, 1.54) is 11.3 Å². The molecule has 0 aliphatic heterocycles. The van der Waals surface area contributed by atoms with Gasteiger partial charge in [0.15, 0.2) is 12.6 Å². The number of nitro benzene ring substituents is 1. The number of thiophene rings is 1. The molecule has 0 atom stereocenters. The van der Waals surface area contributed by atoms with Gasteiger partial charge in [-0.15, -0.1) is 11.3 Å². The van der Waals surface area contributed by atoms with Gasteiger partial charge in [0, 0.05) is 52.4 Å². The van der Waals surface area contributed by atoms with Crippen LogP contribution in [0.2, 0.25) is 0 Å². The fourth-order valence-electron chi connectivity index (χ4n) is 2.98. The molecular weight excluding hydrogens is 568 g/mol. The smallest absolute Gasteiger partial charge is 0.337 e. The normalized spacial score (nSPS) is 10.4. The molecule has 3 aromatic carbocycles. The first-order valence-electron chi connectivity index (χ1n) is 8.70. The molecule has 0 amide bonds. The lowest BCUT2D eigenvalue weighted by Crippen LogP contribution is -2.02. The average Bonchev–Trinajstić information content (AvgIpc) is 3.12. The van der Waals surface area contributed by atoms with Crippen molar-refractivity contribution >= 4 is 93.3 Å². The summed E-state index contributed by atoms with van der Waals surface area (Å²) in [5, 5.41) is 20.8. The summed E-state index contributed by atoms with van der Waals surface area (Å²) in [5.74, 6) is -1.20. The first-order valence-corrected chi connectivity index (χ1v) is 11.1. The predicted molar refractivity (Wildman–Crippen MR) is 130 cm³/mol. The Labute approximate surface area is 201 Å². The third-order valence-corrected chi connectivity index (χ3v) is 7.16. The van der Waals surface area contributed by atoms with Gasteiger partial charge in [-0.3, -0.25) is 19.7 Å². The lowest BCUT2D eigenvalue weighted by molar-refractivity contribution is -0.384. The van der Waals surface area contributed by atoms with Crippen molar-refractivity contribution in [2.45, 2.75) is 0 Å². The van der Waals surface area contributed by atoms with Crippen molar-refractivity contribution in [2.24, 2.45) is 0 Å². The number of aldehydes is 2. The SMILES string of the molecule is Nc1cc([N+](=O)[O-])ccc1C(=O)O.O=Cc1c(Br)ccc2c1sc1c(C=O)c(Br)ccc12. The van der Waals surface area contributed by atoms with Crippen LogP contribution in [-0.4, -0.2) is 28.6 Å². The molecule has 0 unspecified atom stereocenters. The van der Waals surface area contributed by atoms with Crippen LogP contribution in [-0.2, 0) is 0 Å². The third kappa shape index (κ3) is 4.40. The Hall–Kier alpha value is -3.15. The maximum absolute atomic E-state index is 11.2. The maximum atomic E-state index is 11.2. The first-order chi connectivity index (χ1) is 15.2. The van der Waals surface area contributed by atoms with Crippen molar-refractivity contribution in [3.05, 3.63) is 78.2 Å². The molecule has 4 aromatic rings. The highest BCUT2D eigenvalue weighted by atomic mass is 79.9. The molecular formula is C21H12Br2N2O6S. The number of nitro groups is 1. The van der Waals surface area contributed by atoms with E-state index in [4.69, 9.17) is 10.8 Å². The highest BCUT2D eigenvalue weighted by Gasteiger charge is 2.15. The number of carboxylic acid groups (broad SMARTS) is 1. The zero-order chi connectivity index (χ0) is 23.6. The van der Waals surface area contributed by atoms with Crippen LogP contribution in [0.4, 0.5) is 11.4 Å². The zero-order valence-electron chi connectivity index (χ0n) is 15.9. The van der Waals surface area contributed by atoms with Crippen LogP contribution < -0.4 is 5.73 Å². The summed E-state index contributed by atoms with van der Waals surface area (Å²) in [7, 11) is 0. The molecule has 8 nitrogen and oxygen atoms in total. The van der Waals surface area contributed by atoms with Crippen LogP contribution in [0.3, 0.4) is 0 Å². The Morgan fingerprint density at radius 1 is 0.969 bits per heavy atom. The fourth-order valence-corrected chi connectivity index (χ4v) is 5.40. The van der Waals surface area contributed by atoms with Crippen molar-refractivity contribution in [3.8, 4) is 0 Å². The first kappa shape index (κ1) is 23.5. The highest BCUT2D eigenvalue weighted by molar-refractivity contribution is 9.10. The number of hydrogen-bond donors (Lipinski definition) is 2. The summed E-state index contributed by atoms with van der Waals surface area (Å²) in [6.45, 7) is 0. The number of nitrogens with two attached hydrogens (primary N) is 1. The topological polar surface area (TPSA) is 141 Å². The van der Waals surface area contributed by atoms with E-state index in [1.807, 2.05) is 24.3 Å². The molecule has 1 aromatic heterocycles. The number of nitrogens with zero attached hydrogens (tertiary/aromatic N) is 1. The minimum absolute atomic E-state index is 0.110. The second kappa shape index (κ2) is 9.55. The monoisotopic (exact) mass is 578 g/mol. The van der Waals surface area contributed by atoms with Crippen molar-refractivity contribution in [1.29, 1.82) is 0 Å². The Bertz CT molecular complexity index is 1350. The number of benzene rings is 3. The Morgan fingerprint density at radius 2 is 1.47 bits per heavy atom.